The van der Waals surface area contributed by atoms with E-state index < -0.39 is 11.6 Å². The van der Waals surface area contributed by atoms with E-state index >= 15 is 0 Å². The maximum Gasteiger partial charge on any atom is 0.226 e. The van der Waals surface area contributed by atoms with Crippen molar-refractivity contribution in [2.75, 3.05) is 5.32 Å². The molecule has 0 spiro atoms. The zero-order valence-corrected chi connectivity index (χ0v) is 15.3. The number of hydrogen-bond donors (Lipinski definition) is 1. The van der Waals surface area contributed by atoms with Crippen LogP contribution in [0, 0.1) is 18.6 Å². The highest BCUT2D eigenvalue weighted by molar-refractivity contribution is 7.14. The Hall–Kier alpha value is -2.45. The van der Waals surface area contributed by atoms with Crippen LogP contribution in [0.5, 0.6) is 0 Å². The molecule has 0 saturated heterocycles. The fourth-order valence-corrected chi connectivity index (χ4v) is 3.83. The number of rotatable bonds is 6. The average molecular weight is 392 g/mol. The number of thiophene rings is 1. The standard InChI is InChI=1S/C18H14F2N2O2S2/c1-10-2-6-16(26-10)15(23)5-7-17(24)22-18-21-14(9-25-18)12-8-11(19)3-4-13(12)20/h2-4,6,8-9H,5,7H2,1H3,(H,21,22,24). The molecule has 0 radical (unpaired) electrons. The molecule has 4 nitrogen and oxygen atoms in total. The Bertz CT molecular complexity index is 966. The quantitative estimate of drug-likeness (QED) is 0.597. The maximum atomic E-state index is 13.8. The van der Waals surface area contributed by atoms with Crippen LogP contribution in [0.4, 0.5) is 13.9 Å². The van der Waals surface area contributed by atoms with Crippen LogP contribution in [0.25, 0.3) is 11.3 Å². The predicted molar refractivity (Wildman–Crippen MR) is 98.7 cm³/mol. The number of halogens is 2. The van der Waals surface area contributed by atoms with E-state index in [0.29, 0.717) is 4.88 Å². The molecule has 0 saturated carbocycles. The van der Waals surface area contributed by atoms with E-state index in [2.05, 4.69) is 10.3 Å². The largest absolute Gasteiger partial charge is 0.302 e. The van der Waals surface area contributed by atoms with Crippen LogP contribution >= 0.6 is 22.7 Å². The predicted octanol–water partition coefficient (Wildman–Crippen LogP) is 5.06. The molecule has 8 heteroatoms. The molecule has 0 aliphatic carbocycles. The van der Waals surface area contributed by atoms with Gasteiger partial charge in [0.15, 0.2) is 10.9 Å². The zero-order chi connectivity index (χ0) is 18.7. The van der Waals surface area contributed by atoms with Crippen LogP contribution < -0.4 is 5.32 Å². The van der Waals surface area contributed by atoms with Crippen molar-refractivity contribution in [2.45, 2.75) is 19.8 Å². The SMILES string of the molecule is Cc1ccc(C(=O)CCC(=O)Nc2nc(-c3cc(F)ccc3F)cs2)s1. The second-order valence-electron chi connectivity index (χ2n) is 5.54. The number of nitrogens with zero attached hydrogens (tertiary/aromatic N) is 1. The number of Topliss-reactive ketones (excluding diaryl/α,β-unsaturated/α-hetero) is 1. The lowest BCUT2D eigenvalue weighted by molar-refractivity contribution is -0.116. The Morgan fingerprint density at radius 1 is 1.15 bits per heavy atom. The number of benzene rings is 1. The van der Waals surface area contributed by atoms with Gasteiger partial charge in [-0.15, -0.1) is 22.7 Å². The average Bonchev–Trinajstić information content (AvgIpc) is 3.24. The minimum Gasteiger partial charge on any atom is -0.302 e. The molecule has 3 aromatic rings. The highest BCUT2D eigenvalue weighted by atomic mass is 32.1. The number of aryl methyl sites for hydroxylation is 1. The first-order chi connectivity index (χ1) is 12.4. The molecular weight excluding hydrogens is 378 g/mol. The number of hydrogen-bond acceptors (Lipinski definition) is 5. The summed E-state index contributed by atoms with van der Waals surface area (Å²) in [5.74, 6) is -1.60. The number of anilines is 1. The van der Waals surface area contributed by atoms with Gasteiger partial charge in [0.2, 0.25) is 5.91 Å². The summed E-state index contributed by atoms with van der Waals surface area (Å²) in [7, 11) is 0. The van der Waals surface area contributed by atoms with Crippen molar-refractivity contribution < 1.29 is 18.4 Å². The summed E-state index contributed by atoms with van der Waals surface area (Å²) in [5, 5.41) is 4.39. The first-order valence-electron chi connectivity index (χ1n) is 7.73. The van der Waals surface area contributed by atoms with Gasteiger partial charge in [0.25, 0.3) is 0 Å². The summed E-state index contributed by atoms with van der Waals surface area (Å²) < 4.78 is 27.0. The summed E-state index contributed by atoms with van der Waals surface area (Å²) in [6.07, 6.45) is 0.127. The lowest BCUT2D eigenvalue weighted by Crippen LogP contribution is -2.13. The van der Waals surface area contributed by atoms with Crippen LogP contribution in [0.15, 0.2) is 35.7 Å². The number of carbonyl (C=O) groups excluding carboxylic acids is 2. The fourth-order valence-electron chi connectivity index (χ4n) is 2.27. The monoisotopic (exact) mass is 392 g/mol. The van der Waals surface area contributed by atoms with Gasteiger partial charge in [0.1, 0.15) is 11.6 Å². The molecule has 0 aliphatic heterocycles. The van der Waals surface area contributed by atoms with Crippen molar-refractivity contribution in [1.29, 1.82) is 0 Å². The molecule has 3 rings (SSSR count). The van der Waals surface area contributed by atoms with E-state index in [4.69, 9.17) is 0 Å². The van der Waals surface area contributed by atoms with E-state index in [1.165, 1.54) is 16.7 Å². The van der Waals surface area contributed by atoms with E-state index in [1.54, 1.807) is 6.07 Å². The highest BCUT2D eigenvalue weighted by Crippen LogP contribution is 2.27. The van der Waals surface area contributed by atoms with Crippen LogP contribution in [0.2, 0.25) is 0 Å². The summed E-state index contributed by atoms with van der Waals surface area (Å²) in [5.41, 5.74) is 0.275. The molecule has 1 aromatic carbocycles. The van der Waals surface area contributed by atoms with Crippen LogP contribution in [0.1, 0.15) is 27.4 Å². The topological polar surface area (TPSA) is 59.1 Å². The fraction of sp³-hybridized carbons (Fsp3) is 0.167. The second-order valence-corrected chi connectivity index (χ2v) is 7.69. The van der Waals surface area contributed by atoms with Crippen molar-refractivity contribution in [3.8, 4) is 11.3 Å². The molecule has 134 valence electrons. The highest BCUT2D eigenvalue weighted by Gasteiger charge is 2.14. The van der Waals surface area contributed by atoms with Crippen LogP contribution in [-0.4, -0.2) is 16.7 Å². The molecule has 0 bridgehead atoms. The smallest absolute Gasteiger partial charge is 0.226 e. The van der Waals surface area contributed by atoms with Crippen LogP contribution in [-0.2, 0) is 4.79 Å². The lowest BCUT2D eigenvalue weighted by Gasteiger charge is -2.01. The third-order valence-electron chi connectivity index (χ3n) is 3.55. The zero-order valence-electron chi connectivity index (χ0n) is 13.7. The molecule has 0 fully saturated rings. The summed E-state index contributed by atoms with van der Waals surface area (Å²) >= 11 is 2.50. The third kappa shape index (κ3) is 4.39. The van der Waals surface area contributed by atoms with Gasteiger partial charge in [0.05, 0.1) is 10.6 Å². The van der Waals surface area contributed by atoms with Gasteiger partial charge in [-0.25, -0.2) is 13.8 Å². The van der Waals surface area contributed by atoms with Gasteiger partial charge < -0.3 is 5.32 Å². The molecule has 2 heterocycles. The number of nitrogens with one attached hydrogen (secondary N) is 1. The Kier molecular flexibility index (Phi) is 5.53. The van der Waals surface area contributed by atoms with Gasteiger partial charge in [-0.1, -0.05) is 0 Å². The molecule has 1 N–H and O–H groups in total. The first-order valence-corrected chi connectivity index (χ1v) is 9.42. The lowest BCUT2D eigenvalue weighted by atomic mass is 10.1. The Balaban J connectivity index is 1.59. The van der Waals surface area contributed by atoms with E-state index in [0.717, 1.165) is 34.4 Å². The number of carbonyl (C=O) groups is 2. The number of ketones is 1. The van der Waals surface area contributed by atoms with Crippen molar-refractivity contribution >= 4 is 39.5 Å². The Morgan fingerprint density at radius 3 is 2.69 bits per heavy atom. The van der Waals surface area contributed by atoms with Crippen LogP contribution in [0.3, 0.4) is 0 Å². The van der Waals surface area contributed by atoms with Crippen molar-refractivity contribution in [3.05, 3.63) is 57.1 Å². The molecule has 0 aliphatic rings. The van der Waals surface area contributed by atoms with Gasteiger partial charge in [0, 0.05) is 28.7 Å². The Morgan fingerprint density at radius 2 is 1.96 bits per heavy atom. The minimum absolute atomic E-state index is 0.0268. The maximum absolute atomic E-state index is 13.8. The Labute approximate surface area is 156 Å². The van der Waals surface area contributed by atoms with E-state index in [-0.39, 0.29) is 40.9 Å². The van der Waals surface area contributed by atoms with Gasteiger partial charge in [-0.05, 0) is 37.3 Å². The van der Waals surface area contributed by atoms with E-state index in [1.807, 2.05) is 13.0 Å². The number of aromatic nitrogens is 1. The normalized spacial score (nSPS) is 10.7. The number of amides is 1. The molecule has 0 atom stereocenters. The molecule has 26 heavy (non-hydrogen) atoms. The second kappa shape index (κ2) is 7.84. The summed E-state index contributed by atoms with van der Waals surface area (Å²) in [4.78, 5) is 29.8. The third-order valence-corrected chi connectivity index (χ3v) is 5.35. The first kappa shape index (κ1) is 18.3. The van der Waals surface area contributed by atoms with Crippen molar-refractivity contribution in [2.24, 2.45) is 0 Å². The minimum atomic E-state index is -0.591. The number of thiazole rings is 1. The van der Waals surface area contributed by atoms with Crippen molar-refractivity contribution in [1.82, 2.24) is 4.98 Å². The van der Waals surface area contributed by atoms with Gasteiger partial charge in [-0.3, -0.25) is 9.59 Å². The van der Waals surface area contributed by atoms with Crippen molar-refractivity contribution in [3.63, 3.8) is 0 Å². The van der Waals surface area contributed by atoms with Gasteiger partial charge in [-0.2, -0.15) is 0 Å². The molecule has 1 amide bonds. The summed E-state index contributed by atoms with van der Waals surface area (Å²) in [6, 6.07) is 6.72. The molecular formula is C18H14F2N2O2S2. The molecule has 0 unspecified atom stereocenters. The summed E-state index contributed by atoms with van der Waals surface area (Å²) in [6.45, 7) is 1.91. The molecule has 2 aromatic heterocycles. The van der Waals surface area contributed by atoms with E-state index in [9.17, 15) is 18.4 Å². The van der Waals surface area contributed by atoms with Gasteiger partial charge >= 0.3 is 0 Å².